The second-order valence-electron chi connectivity index (χ2n) is 3.64. The van der Waals surface area contributed by atoms with E-state index in [1.165, 1.54) is 6.07 Å². The van der Waals surface area contributed by atoms with Gasteiger partial charge in [0.15, 0.2) is 0 Å². The summed E-state index contributed by atoms with van der Waals surface area (Å²) in [6.07, 6.45) is -0.803. The van der Waals surface area contributed by atoms with Crippen LogP contribution in [0.15, 0.2) is 30.5 Å². The highest BCUT2D eigenvalue weighted by atomic mass is 32.2. The van der Waals surface area contributed by atoms with Crippen molar-refractivity contribution in [2.45, 2.75) is 12.1 Å². The van der Waals surface area contributed by atoms with Gasteiger partial charge in [-0.05, 0) is 18.4 Å². The average molecular weight is 273 g/mol. The van der Waals surface area contributed by atoms with Crippen molar-refractivity contribution in [2.24, 2.45) is 0 Å². The molecule has 1 aromatic heterocycles. The SMILES string of the molecule is CSCn1cc(-c2cccc(C(F)(F)F)c2)nn1. The third kappa shape index (κ3) is 2.84. The van der Waals surface area contributed by atoms with E-state index in [1.807, 2.05) is 6.26 Å². The first kappa shape index (κ1) is 12.9. The van der Waals surface area contributed by atoms with Crippen LogP contribution in [-0.4, -0.2) is 21.2 Å². The molecule has 2 aromatic rings. The Bertz CT molecular complexity index is 536. The van der Waals surface area contributed by atoms with Gasteiger partial charge in [-0.15, -0.1) is 16.9 Å². The minimum absolute atomic E-state index is 0.414. The van der Waals surface area contributed by atoms with Crippen LogP contribution in [0, 0.1) is 0 Å². The van der Waals surface area contributed by atoms with Crippen LogP contribution in [0.5, 0.6) is 0 Å². The van der Waals surface area contributed by atoms with Crippen molar-refractivity contribution in [1.82, 2.24) is 15.0 Å². The Kier molecular flexibility index (Phi) is 3.60. The quantitative estimate of drug-likeness (QED) is 0.859. The maximum Gasteiger partial charge on any atom is 0.416 e. The Morgan fingerprint density at radius 2 is 2.11 bits per heavy atom. The molecule has 1 heterocycles. The van der Waals surface area contributed by atoms with Gasteiger partial charge in [0, 0.05) is 5.56 Å². The maximum atomic E-state index is 12.6. The molecule has 7 heteroatoms. The lowest BCUT2D eigenvalue weighted by atomic mass is 10.1. The van der Waals surface area contributed by atoms with Crippen LogP contribution in [0.2, 0.25) is 0 Å². The minimum atomic E-state index is -4.34. The van der Waals surface area contributed by atoms with Gasteiger partial charge in [-0.2, -0.15) is 13.2 Å². The summed E-state index contributed by atoms with van der Waals surface area (Å²) in [5, 5.41) is 7.70. The Hall–Kier alpha value is -1.50. The number of thioether (sulfide) groups is 1. The Balaban J connectivity index is 2.32. The zero-order valence-corrected chi connectivity index (χ0v) is 10.3. The Labute approximate surface area is 106 Å². The summed E-state index contributed by atoms with van der Waals surface area (Å²) < 4.78 is 39.3. The molecule has 3 nitrogen and oxygen atoms in total. The summed E-state index contributed by atoms with van der Waals surface area (Å²) >= 11 is 1.55. The van der Waals surface area contributed by atoms with Gasteiger partial charge in [-0.1, -0.05) is 17.3 Å². The lowest BCUT2D eigenvalue weighted by Crippen LogP contribution is -2.04. The molecule has 1 aromatic carbocycles. The van der Waals surface area contributed by atoms with Crippen molar-refractivity contribution in [1.29, 1.82) is 0 Å². The van der Waals surface area contributed by atoms with Crippen molar-refractivity contribution in [3.8, 4) is 11.3 Å². The molecular weight excluding hydrogens is 263 g/mol. The Morgan fingerprint density at radius 3 is 2.78 bits per heavy atom. The summed E-state index contributed by atoms with van der Waals surface area (Å²) in [5.41, 5.74) is 0.173. The van der Waals surface area contributed by atoms with Gasteiger partial charge in [-0.3, -0.25) is 0 Å². The minimum Gasteiger partial charge on any atom is -0.242 e. The van der Waals surface area contributed by atoms with Crippen LogP contribution in [0.1, 0.15) is 5.56 Å². The van der Waals surface area contributed by atoms with Gasteiger partial charge < -0.3 is 0 Å². The van der Waals surface area contributed by atoms with Gasteiger partial charge >= 0.3 is 6.18 Å². The van der Waals surface area contributed by atoms with Crippen LogP contribution < -0.4 is 0 Å². The fraction of sp³-hybridized carbons (Fsp3) is 0.273. The molecule has 18 heavy (non-hydrogen) atoms. The number of hydrogen-bond donors (Lipinski definition) is 0. The van der Waals surface area contributed by atoms with E-state index in [1.54, 1.807) is 28.7 Å². The third-order valence-corrected chi connectivity index (χ3v) is 2.81. The number of nitrogens with zero attached hydrogens (tertiary/aromatic N) is 3. The average Bonchev–Trinajstić information content (AvgIpc) is 2.77. The molecule has 0 unspecified atom stereocenters. The molecule has 0 bridgehead atoms. The number of rotatable bonds is 3. The normalized spacial score (nSPS) is 11.8. The van der Waals surface area contributed by atoms with E-state index >= 15 is 0 Å². The van der Waals surface area contributed by atoms with Crippen molar-refractivity contribution in [2.75, 3.05) is 6.26 Å². The van der Waals surface area contributed by atoms with E-state index < -0.39 is 11.7 Å². The van der Waals surface area contributed by atoms with Crippen LogP contribution in [0.3, 0.4) is 0 Å². The van der Waals surface area contributed by atoms with Crippen molar-refractivity contribution < 1.29 is 13.2 Å². The second-order valence-corrected chi connectivity index (χ2v) is 4.48. The first-order chi connectivity index (χ1) is 8.50. The maximum absolute atomic E-state index is 12.6. The molecular formula is C11H10F3N3S. The van der Waals surface area contributed by atoms with Crippen LogP contribution >= 0.6 is 11.8 Å². The summed E-state index contributed by atoms with van der Waals surface area (Å²) in [5.74, 6) is 0.617. The number of hydrogen-bond acceptors (Lipinski definition) is 3. The zero-order valence-electron chi connectivity index (χ0n) is 9.48. The van der Waals surface area contributed by atoms with Gasteiger partial charge in [0.05, 0.1) is 17.6 Å². The smallest absolute Gasteiger partial charge is 0.242 e. The highest BCUT2D eigenvalue weighted by Gasteiger charge is 2.30. The molecule has 0 spiro atoms. The van der Waals surface area contributed by atoms with E-state index in [-0.39, 0.29) is 0 Å². The lowest BCUT2D eigenvalue weighted by Gasteiger charge is -2.06. The van der Waals surface area contributed by atoms with E-state index in [4.69, 9.17) is 0 Å². The topological polar surface area (TPSA) is 30.7 Å². The molecule has 0 atom stereocenters. The number of alkyl halides is 3. The predicted octanol–water partition coefficient (Wildman–Crippen LogP) is 3.28. The fourth-order valence-corrected chi connectivity index (χ4v) is 1.87. The standard InChI is InChI=1S/C11H10F3N3S/c1-18-7-17-6-10(15-16-17)8-3-2-4-9(5-8)11(12,13)14/h2-6H,7H2,1H3. The summed E-state index contributed by atoms with van der Waals surface area (Å²) in [6, 6.07) is 5.07. The molecule has 0 N–H and O–H groups in total. The largest absolute Gasteiger partial charge is 0.416 e. The second kappa shape index (κ2) is 5.01. The summed E-state index contributed by atoms with van der Waals surface area (Å²) in [7, 11) is 0. The monoisotopic (exact) mass is 273 g/mol. The first-order valence-electron chi connectivity index (χ1n) is 5.07. The number of benzene rings is 1. The highest BCUT2D eigenvalue weighted by Crippen LogP contribution is 2.31. The van der Waals surface area contributed by atoms with Gasteiger partial charge in [0.2, 0.25) is 0 Å². The first-order valence-corrected chi connectivity index (χ1v) is 6.47. The van der Waals surface area contributed by atoms with Gasteiger partial charge in [0.1, 0.15) is 5.69 Å². The summed E-state index contributed by atoms with van der Waals surface area (Å²) in [4.78, 5) is 0. The molecule has 96 valence electrons. The van der Waals surface area contributed by atoms with Crippen molar-refractivity contribution >= 4 is 11.8 Å². The van der Waals surface area contributed by atoms with Crippen LogP contribution in [0.25, 0.3) is 11.3 Å². The zero-order chi connectivity index (χ0) is 13.2. The molecule has 0 saturated heterocycles. The molecule has 0 aliphatic carbocycles. The predicted molar refractivity (Wildman–Crippen MR) is 64.0 cm³/mol. The molecule has 0 radical (unpaired) electrons. The van der Waals surface area contributed by atoms with Crippen LogP contribution in [-0.2, 0) is 12.1 Å². The van der Waals surface area contributed by atoms with E-state index in [0.717, 1.165) is 12.1 Å². The fourth-order valence-electron chi connectivity index (χ4n) is 1.48. The highest BCUT2D eigenvalue weighted by molar-refractivity contribution is 7.97. The summed E-state index contributed by atoms with van der Waals surface area (Å²) in [6.45, 7) is 0. The van der Waals surface area contributed by atoms with Crippen molar-refractivity contribution in [3.63, 3.8) is 0 Å². The third-order valence-electron chi connectivity index (χ3n) is 2.29. The molecule has 0 aliphatic heterocycles. The molecule has 2 rings (SSSR count). The van der Waals surface area contributed by atoms with E-state index in [2.05, 4.69) is 10.3 Å². The molecule has 0 fully saturated rings. The van der Waals surface area contributed by atoms with Crippen molar-refractivity contribution in [3.05, 3.63) is 36.0 Å². The van der Waals surface area contributed by atoms with Crippen LogP contribution in [0.4, 0.5) is 13.2 Å². The van der Waals surface area contributed by atoms with E-state index in [9.17, 15) is 13.2 Å². The molecule has 0 aliphatic rings. The molecule has 0 amide bonds. The number of aromatic nitrogens is 3. The Morgan fingerprint density at radius 1 is 1.33 bits per heavy atom. The van der Waals surface area contributed by atoms with Gasteiger partial charge in [0.25, 0.3) is 0 Å². The van der Waals surface area contributed by atoms with E-state index in [0.29, 0.717) is 17.1 Å². The lowest BCUT2D eigenvalue weighted by molar-refractivity contribution is -0.137. The number of halogens is 3. The van der Waals surface area contributed by atoms with Gasteiger partial charge in [-0.25, -0.2) is 4.68 Å². The molecule has 0 saturated carbocycles.